The summed E-state index contributed by atoms with van der Waals surface area (Å²) < 4.78 is 32.6. The summed E-state index contributed by atoms with van der Waals surface area (Å²) in [7, 11) is -4.08. The molecule has 1 aromatic heterocycles. The Morgan fingerprint density at radius 1 is 0.853 bits per heavy atom. The molecule has 0 unspecified atom stereocenters. The Balaban J connectivity index is 1.67. The lowest BCUT2D eigenvalue weighted by atomic mass is 10.2. The number of amides is 1. The van der Waals surface area contributed by atoms with Crippen LogP contribution >= 0.6 is 0 Å². The second-order valence-corrected chi connectivity index (χ2v) is 9.27. The number of hydrogen-bond acceptors (Lipinski definition) is 5. The number of nitrogens with zero attached hydrogens (tertiary/aromatic N) is 1. The summed E-state index contributed by atoms with van der Waals surface area (Å²) in [5.74, 6) is 0.462. The molecule has 4 aromatic rings. The molecule has 1 heterocycles. The first-order chi connectivity index (χ1) is 16.5. The van der Waals surface area contributed by atoms with Crippen LogP contribution in [0, 0.1) is 0 Å². The third kappa shape index (κ3) is 5.76. The number of nitrogens with one attached hydrogen (secondary N) is 1. The molecular weight excluding hydrogens is 448 g/mol. The van der Waals surface area contributed by atoms with Gasteiger partial charge in [0.2, 0.25) is 9.84 Å². The molecule has 170 valence electrons. The van der Waals surface area contributed by atoms with Gasteiger partial charge in [-0.15, -0.1) is 0 Å². The van der Waals surface area contributed by atoms with Crippen LogP contribution in [-0.2, 0) is 21.2 Å². The molecule has 1 N–H and O–H groups in total. The molecule has 1 amide bonds. The van der Waals surface area contributed by atoms with Crippen molar-refractivity contribution in [3.63, 3.8) is 0 Å². The molecule has 0 saturated heterocycles. The minimum atomic E-state index is -4.08. The van der Waals surface area contributed by atoms with E-state index >= 15 is 0 Å². The highest BCUT2D eigenvalue weighted by molar-refractivity contribution is 7.96. The fourth-order valence-electron chi connectivity index (χ4n) is 3.21. The van der Waals surface area contributed by atoms with Gasteiger partial charge in [0.25, 0.3) is 5.91 Å². The highest BCUT2D eigenvalue weighted by Crippen LogP contribution is 2.26. The largest absolute Gasteiger partial charge is 0.457 e. The number of para-hydroxylation sites is 1. The summed E-state index contributed by atoms with van der Waals surface area (Å²) in [5.41, 5.74) is 1.27. The van der Waals surface area contributed by atoms with Crippen LogP contribution < -0.4 is 10.1 Å². The molecule has 0 spiro atoms. The van der Waals surface area contributed by atoms with Gasteiger partial charge in [-0.25, -0.2) is 8.42 Å². The predicted octanol–water partition coefficient (Wildman–Crippen LogP) is 5.01. The van der Waals surface area contributed by atoms with E-state index in [0.29, 0.717) is 17.1 Å². The molecule has 0 atom stereocenters. The number of carbonyl (C=O) groups excluding carboxylic acids is 1. The normalized spacial score (nSPS) is 11.6. The first-order valence-electron chi connectivity index (χ1n) is 10.5. The van der Waals surface area contributed by atoms with E-state index < -0.39 is 15.7 Å². The topological polar surface area (TPSA) is 85.4 Å². The highest BCUT2D eigenvalue weighted by Gasteiger charge is 2.27. The monoisotopic (exact) mass is 470 g/mol. The molecule has 0 bridgehead atoms. The summed E-state index contributed by atoms with van der Waals surface area (Å²) in [6, 6.07) is 27.6. The zero-order valence-corrected chi connectivity index (χ0v) is 19.0. The molecule has 34 heavy (non-hydrogen) atoms. The molecule has 6 nitrogen and oxygen atoms in total. The van der Waals surface area contributed by atoms with Gasteiger partial charge in [0.15, 0.2) is 0 Å². The molecule has 0 saturated carbocycles. The molecule has 0 radical (unpaired) electrons. The fourth-order valence-corrected chi connectivity index (χ4v) is 4.58. The van der Waals surface area contributed by atoms with Gasteiger partial charge in [-0.05, 0) is 59.7 Å². The number of pyridine rings is 1. The van der Waals surface area contributed by atoms with Crippen molar-refractivity contribution in [1.29, 1.82) is 0 Å². The summed E-state index contributed by atoms with van der Waals surface area (Å²) in [6.45, 7) is 0.144. The Morgan fingerprint density at radius 3 is 2.26 bits per heavy atom. The van der Waals surface area contributed by atoms with E-state index in [2.05, 4.69) is 10.3 Å². The Kier molecular flexibility index (Phi) is 7.15. The lowest BCUT2D eigenvalue weighted by Crippen LogP contribution is -2.28. The van der Waals surface area contributed by atoms with Crippen LogP contribution in [0.1, 0.15) is 11.1 Å². The smallest absolute Gasteiger partial charge is 0.263 e. The van der Waals surface area contributed by atoms with Crippen molar-refractivity contribution < 1.29 is 17.9 Å². The third-order valence-electron chi connectivity index (χ3n) is 4.88. The number of ether oxygens (including phenoxy) is 1. The van der Waals surface area contributed by atoms with E-state index in [1.807, 2.05) is 30.3 Å². The standard InChI is InChI=1S/C27H22N2O4S/c30-27(29-20-22-10-8-16-28-19-22)26(34(31,32)25-14-5-2-6-15-25)18-21-9-7-13-24(17-21)33-23-11-3-1-4-12-23/h1-19H,20H2,(H,29,30)/b26-18+. The lowest BCUT2D eigenvalue weighted by molar-refractivity contribution is -0.116. The number of sulfone groups is 1. The van der Waals surface area contributed by atoms with Crippen molar-refractivity contribution in [3.05, 3.63) is 125 Å². The molecule has 0 aliphatic rings. The maximum Gasteiger partial charge on any atom is 0.263 e. The molecule has 7 heteroatoms. The Morgan fingerprint density at radius 2 is 1.56 bits per heavy atom. The van der Waals surface area contributed by atoms with Crippen molar-refractivity contribution >= 4 is 21.8 Å². The maximum atomic E-state index is 13.4. The van der Waals surface area contributed by atoms with Crippen molar-refractivity contribution in [2.75, 3.05) is 0 Å². The number of benzene rings is 3. The summed E-state index contributed by atoms with van der Waals surface area (Å²) in [4.78, 5) is 16.8. The Bertz CT molecular complexity index is 1390. The van der Waals surface area contributed by atoms with Gasteiger partial charge in [0.05, 0.1) is 4.90 Å². The van der Waals surface area contributed by atoms with E-state index in [1.165, 1.54) is 18.2 Å². The van der Waals surface area contributed by atoms with E-state index in [1.54, 1.807) is 67.0 Å². The van der Waals surface area contributed by atoms with Crippen LogP contribution in [-0.4, -0.2) is 19.3 Å². The molecule has 0 fully saturated rings. The lowest BCUT2D eigenvalue weighted by Gasteiger charge is -2.11. The van der Waals surface area contributed by atoms with E-state index in [4.69, 9.17) is 4.74 Å². The van der Waals surface area contributed by atoms with E-state index in [0.717, 1.165) is 5.56 Å². The molecule has 3 aromatic carbocycles. The fraction of sp³-hybridized carbons (Fsp3) is 0.0370. The minimum Gasteiger partial charge on any atom is -0.457 e. The number of hydrogen-bond donors (Lipinski definition) is 1. The summed E-state index contributed by atoms with van der Waals surface area (Å²) in [6.07, 6.45) is 4.60. The van der Waals surface area contributed by atoms with Gasteiger partial charge in [0.1, 0.15) is 16.4 Å². The third-order valence-corrected chi connectivity index (χ3v) is 6.65. The Labute approximate surface area is 198 Å². The van der Waals surface area contributed by atoms with E-state index in [-0.39, 0.29) is 16.3 Å². The summed E-state index contributed by atoms with van der Waals surface area (Å²) in [5, 5.41) is 2.69. The van der Waals surface area contributed by atoms with Crippen LogP contribution in [0.3, 0.4) is 0 Å². The van der Waals surface area contributed by atoms with Crippen LogP contribution in [0.15, 0.2) is 119 Å². The van der Waals surface area contributed by atoms with Crippen molar-refractivity contribution in [3.8, 4) is 11.5 Å². The molecular formula is C27H22N2O4S. The number of aromatic nitrogens is 1. The average Bonchev–Trinajstić information content (AvgIpc) is 2.88. The summed E-state index contributed by atoms with van der Waals surface area (Å²) >= 11 is 0. The number of carbonyl (C=O) groups is 1. The van der Waals surface area contributed by atoms with Crippen LogP contribution in [0.5, 0.6) is 11.5 Å². The van der Waals surface area contributed by atoms with Gasteiger partial charge in [-0.3, -0.25) is 9.78 Å². The average molecular weight is 471 g/mol. The van der Waals surface area contributed by atoms with Gasteiger partial charge < -0.3 is 10.1 Å². The van der Waals surface area contributed by atoms with Gasteiger partial charge in [-0.1, -0.05) is 54.6 Å². The quantitative estimate of drug-likeness (QED) is 0.366. The van der Waals surface area contributed by atoms with Gasteiger partial charge in [-0.2, -0.15) is 0 Å². The zero-order chi connectivity index (χ0) is 23.8. The zero-order valence-electron chi connectivity index (χ0n) is 18.2. The molecule has 0 aliphatic heterocycles. The van der Waals surface area contributed by atoms with Crippen molar-refractivity contribution in [2.45, 2.75) is 11.4 Å². The van der Waals surface area contributed by atoms with Crippen LogP contribution in [0.4, 0.5) is 0 Å². The predicted molar refractivity (Wildman–Crippen MR) is 131 cm³/mol. The Hall–Kier alpha value is -4.23. The highest BCUT2D eigenvalue weighted by atomic mass is 32.2. The first kappa shape index (κ1) is 22.9. The van der Waals surface area contributed by atoms with E-state index in [9.17, 15) is 13.2 Å². The van der Waals surface area contributed by atoms with Gasteiger partial charge in [0, 0.05) is 18.9 Å². The second-order valence-electron chi connectivity index (χ2n) is 7.36. The second kappa shape index (κ2) is 10.6. The maximum absolute atomic E-state index is 13.4. The van der Waals surface area contributed by atoms with Crippen LogP contribution in [0.2, 0.25) is 0 Å². The minimum absolute atomic E-state index is 0.0365. The molecule has 0 aliphatic carbocycles. The van der Waals surface area contributed by atoms with Gasteiger partial charge >= 0.3 is 0 Å². The SMILES string of the molecule is O=C(NCc1cccnc1)/C(=C\c1cccc(Oc2ccccc2)c1)S(=O)(=O)c1ccccc1. The van der Waals surface area contributed by atoms with Crippen molar-refractivity contribution in [2.24, 2.45) is 0 Å². The first-order valence-corrected chi connectivity index (χ1v) is 12.0. The molecule has 4 rings (SSSR count). The van der Waals surface area contributed by atoms with Crippen molar-refractivity contribution in [1.82, 2.24) is 10.3 Å². The van der Waals surface area contributed by atoms with Crippen LogP contribution in [0.25, 0.3) is 6.08 Å². The number of rotatable bonds is 8.